The zero-order valence-electron chi connectivity index (χ0n) is 22.0. The Balaban J connectivity index is 1.51. The van der Waals surface area contributed by atoms with E-state index in [0.29, 0.717) is 4.80 Å². The van der Waals surface area contributed by atoms with Gasteiger partial charge in [-0.15, -0.1) is 0 Å². The van der Waals surface area contributed by atoms with E-state index in [-0.39, 0.29) is 55.8 Å². The Morgan fingerprint density at radius 1 is 0.933 bits per heavy atom. The van der Waals surface area contributed by atoms with Crippen molar-refractivity contribution in [1.29, 1.82) is 0 Å². The van der Waals surface area contributed by atoms with Gasteiger partial charge in [-0.05, 0) is 43.2 Å². The minimum Gasteiger partial charge on any atom is -0.349 e. The summed E-state index contributed by atoms with van der Waals surface area (Å²) in [6, 6.07) is 6.45. The lowest BCUT2D eigenvalue weighted by Crippen LogP contribution is -2.50. The lowest BCUT2D eigenvalue weighted by molar-refractivity contribution is -0.350. The van der Waals surface area contributed by atoms with Crippen LogP contribution in [0.4, 0.5) is 36.4 Å². The van der Waals surface area contributed by atoms with E-state index in [9.17, 15) is 40.3 Å². The minimum absolute atomic E-state index is 0.00714. The van der Waals surface area contributed by atoms with Crippen LogP contribution < -0.4 is 10.6 Å². The smallest absolute Gasteiger partial charge is 0.349 e. The second-order valence-corrected chi connectivity index (χ2v) is 10.9. The normalized spacial score (nSPS) is 14.0. The fourth-order valence-corrected chi connectivity index (χ4v) is 4.78. The van der Waals surface area contributed by atoms with Gasteiger partial charge >= 0.3 is 18.0 Å². The van der Waals surface area contributed by atoms with Gasteiger partial charge in [0.25, 0.3) is 11.8 Å². The van der Waals surface area contributed by atoms with Crippen molar-refractivity contribution in [2.45, 2.75) is 43.4 Å². The number of carbonyl (C=O) groups excluding carboxylic acids is 2. The van der Waals surface area contributed by atoms with Crippen LogP contribution in [0, 0.1) is 0 Å². The van der Waals surface area contributed by atoms with Crippen LogP contribution in [0.5, 0.6) is 0 Å². The van der Waals surface area contributed by atoms with Crippen LogP contribution in [0.2, 0.25) is 15.1 Å². The molecule has 3 heterocycles. The van der Waals surface area contributed by atoms with E-state index in [1.807, 2.05) is 0 Å². The summed E-state index contributed by atoms with van der Waals surface area (Å²) in [5.74, 6) is -1.61. The molecule has 1 fully saturated rings. The summed E-state index contributed by atoms with van der Waals surface area (Å²) in [5.41, 5.74) is -8.55. The molecule has 238 valence electrons. The minimum atomic E-state index is -6.40. The first-order valence-corrected chi connectivity index (χ1v) is 13.7. The molecule has 3 aromatic heterocycles. The summed E-state index contributed by atoms with van der Waals surface area (Å²) in [7, 11) is 0. The summed E-state index contributed by atoms with van der Waals surface area (Å²) in [4.78, 5) is 30.8. The van der Waals surface area contributed by atoms with Gasteiger partial charge in [-0.3, -0.25) is 9.59 Å². The van der Waals surface area contributed by atoms with E-state index in [1.54, 1.807) is 0 Å². The Labute approximate surface area is 262 Å². The van der Waals surface area contributed by atoms with Crippen LogP contribution in [0.15, 0.2) is 42.7 Å². The monoisotopic (exact) mass is 698 g/mol. The van der Waals surface area contributed by atoms with Crippen LogP contribution >= 0.6 is 34.8 Å². The largest absolute Gasteiger partial charge is 0.437 e. The molecule has 5 rings (SSSR count). The van der Waals surface area contributed by atoms with E-state index in [0.717, 1.165) is 23.6 Å². The van der Waals surface area contributed by atoms with Gasteiger partial charge in [-0.25, -0.2) is 14.1 Å². The number of rotatable bonds is 8. The van der Waals surface area contributed by atoms with E-state index < -0.39 is 42.1 Å². The van der Waals surface area contributed by atoms with Crippen molar-refractivity contribution in [2.75, 3.05) is 5.32 Å². The third-order valence-corrected chi connectivity index (χ3v) is 7.17. The van der Waals surface area contributed by atoms with Gasteiger partial charge in [-0.1, -0.05) is 34.8 Å². The maximum atomic E-state index is 14.4. The van der Waals surface area contributed by atoms with Gasteiger partial charge in [0, 0.05) is 17.3 Å². The number of pyridine rings is 1. The molecule has 2 amide bonds. The van der Waals surface area contributed by atoms with Gasteiger partial charge in [0.15, 0.2) is 5.82 Å². The molecule has 0 spiro atoms. The Hall–Kier alpha value is -3.96. The van der Waals surface area contributed by atoms with Gasteiger partial charge in [0.05, 0.1) is 33.2 Å². The standard InChI is InChI=1S/C25H16Cl3F7N8O2/c26-11-6-14(21(44)38-12-3-4-12)19(16(28)7-11)39-22(45)17-8-13(40-43(17)20-15(27)2-1-5-36-20)10-42-37-9-18(41-42)23(29,24(30,31)32)25(33,34)35/h1-2,5-9,12H,3-4,10H2,(H,38,44)(H,39,45). The first-order valence-electron chi connectivity index (χ1n) is 12.5. The fraction of sp³-hybridized carbons (Fsp3) is 0.280. The number of halogens is 10. The molecular formula is C25H16Cl3F7N8O2. The maximum absolute atomic E-state index is 14.4. The van der Waals surface area contributed by atoms with Gasteiger partial charge < -0.3 is 10.6 Å². The van der Waals surface area contributed by atoms with E-state index in [4.69, 9.17) is 34.8 Å². The highest BCUT2D eigenvalue weighted by molar-refractivity contribution is 6.38. The summed E-state index contributed by atoms with van der Waals surface area (Å²) in [6.07, 6.45) is -9.98. The lowest BCUT2D eigenvalue weighted by Gasteiger charge is -2.27. The molecule has 1 saturated carbocycles. The highest BCUT2D eigenvalue weighted by atomic mass is 35.5. The highest BCUT2D eigenvalue weighted by Crippen LogP contribution is 2.52. The average Bonchev–Trinajstić information content (AvgIpc) is 3.46. The number of amides is 2. The molecule has 10 nitrogen and oxygen atoms in total. The number of alkyl halides is 7. The molecule has 2 N–H and O–H groups in total. The van der Waals surface area contributed by atoms with Crippen molar-refractivity contribution >= 4 is 52.3 Å². The predicted octanol–water partition coefficient (Wildman–Crippen LogP) is 6.30. The molecule has 4 aromatic rings. The van der Waals surface area contributed by atoms with Gasteiger partial charge in [0.2, 0.25) is 0 Å². The van der Waals surface area contributed by atoms with Crippen molar-refractivity contribution in [3.05, 3.63) is 80.4 Å². The van der Waals surface area contributed by atoms with E-state index in [2.05, 4.69) is 30.9 Å². The third kappa shape index (κ3) is 6.41. The van der Waals surface area contributed by atoms with Crippen LogP contribution in [0.1, 0.15) is 45.1 Å². The van der Waals surface area contributed by atoms with Crippen molar-refractivity contribution in [1.82, 2.24) is 35.1 Å². The molecule has 1 aliphatic carbocycles. The summed E-state index contributed by atoms with van der Waals surface area (Å²) >= 11 is 18.6. The number of nitrogens with one attached hydrogen (secondary N) is 2. The Morgan fingerprint density at radius 3 is 2.24 bits per heavy atom. The number of hydrogen-bond donors (Lipinski definition) is 2. The Bertz CT molecular complexity index is 1770. The van der Waals surface area contributed by atoms with Crippen LogP contribution in [0.25, 0.3) is 5.82 Å². The average molecular weight is 700 g/mol. The number of hydrogen-bond acceptors (Lipinski definition) is 6. The van der Waals surface area contributed by atoms with Crippen molar-refractivity contribution in [2.24, 2.45) is 0 Å². The molecule has 45 heavy (non-hydrogen) atoms. The number of anilines is 1. The number of carbonyl (C=O) groups is 2. The third-order valence-electron chi connectivity index (χ3n) is 6.36. The lowest BCUT2D eigenvalue weighted by atomic mass is 10.0. The number of benzene rings is 1. The molecule has 20 heteroatoms. The molecular weight excluding hydrogens is 684 g/mol. The molecule has 0 aliphatic heterocycles. The first kappa shape index (κ1) is 32.4. The number of aromatic nitrogens is 6. The zero-order chi connectivity index (χ0) is 32.9. The molecule has 0 radical (unpaired) electrons. The second-order valence-electron chi connectivity index (χ2n) is 9.67. The first-order chi connectivity index (χ1) is 21.0. The van der Waals surface area contributed by atoms with Crippen LogP contribution in [-0.2, 0) is 12.2 Å². The summed E-state index contributed by atoms with van der Waals surface area (Å²) in [5, 5.41) is 15.8. The quantitative estimate of drug-likeness (QED) is 0.209. The molecule has 1 aliphatic rings. The predicted molar refractivity (Wildman–Crippen MR) is 145 cm³/mol. The number of nitrogens with zero attached hydrogens (tertiary/aromatic N) is 6. The summed E-state index contributed by atoms with van der Waals surface area (Å²) in [6.45, 7) is -0.722. The van der Waals surface area contributed by atoms with Gasteiger partial charge in [0.1, 0.15) is 17.9 Å². The van der Waals surface area contributed by atoms with Crippen molar-refractivity contribution < 1.29 is 40.3 Å². The second kappa shape index (κ2) is 11.8. The van der Waals surface area contributed by atoms with Crippen molar-refractivity contribution in [3.63, 3.8) is 0 Å². The topological polar surface area (TPSA) is 120 Å². The molecule has 0 atom stereocenters. The van der Waals surface area contributed by atoms with Crippen molar-refractivity contribution in [3.8, 4) is 5.82 Å². The zero-order valence-corrected chi connectivity index (χ0v) is 24.3. The molecule has 0 bridgehead atoms. The van der Waals surface area contributed by atoms with Crippen LogP contribution in [0.3, 0.4) is 0 Å². The summed E-state index contributed by atoms with van der Waals surface area (Å²) < 4.78 is 94.4. The molecule has 1 aromatic carbocycles. The maximum Gasteiger partial charge on any atom is 0.437 e. The molecule has 0 unspecified atom stereocenters. The Kier molecular flexibility index (Phi) is 8.48. The van der Waals surface area contributed by atoms with E-state index in [1.165, 1.54) is 30.5 Å². The fourth-order valence-electron chi connectivity index (χ4n) is 4.04. The Morgan fingerprint density at radius 2 is 1.62 bits per heavy atom. The SMILES string of the molecule is O=C(NC1CC1)c1cc(Cl)cc(Cl)c1NC(=O)c1cc(Cn2ncc(C(F)(C(F)(F)F)C(F)(F)F)n2)nn1-c1ncccc1Cl. The van der Waals surface area contributed by atoms with Gasteiger partial charge in [-0.2, -0.15) is 46.4 Å². The van der Waals surface area contributed by atoms with E-state index >= 15 is 0 Å². The highest BCUT2D eigenvalue weighted by Gasteiger charge is 2.75. The molecule has 0 saturated heterocycles. The van der Waals surface area contributed by atoms with Crippen LogP contribution in [-0.4, -0.2) is 60.0 Å².